The van der Waals surface area contributed by atoms with Crippen LogP contribution in [0.15, 0.2) is 12.5 Å². The van der Waals surface area contributed by atoms with E-state index < -0.39 is 24.0 Å². The van der Waals surface area contributed by atoms with Crippen molar-refractivity contribution in [2.75, 3.05) is 0 Å². The van der Waals surface area contributed by atoms with E-state index in [9.17, 15) is 9.59 Å². The van der Waals surface area contributed by atoms with E-state index in [0.29, 0.717) is 5.69 Å². The molecule has 0 spiro atoms. The fourth-order valence-electron chi connectivity index (χ4n) is 1.39. The Balaban J connectivity index is 2.64. The minimum Gasteiger partial charge on any atom is -0.480 e. The quantitative estimate of drug-likeness (QED) is 0.545. The maximum absolute atomic E-state index is 11.7. The van der Waals surface area contributed by atoms with Crippen molar-refractivity contribution >= 4 is 11.9 Å². The Morgan fingerprint density at radius 1 is 1.56 bits per heavy atom. The highest BCUT2D eigenvalue weighted by Crippen LogP contribution is 2.02. The van der Waals surface area contributed by atoms with Crippen molar-refractivity contribution in [2.24, 2.45) is 11.7 Å². The zero-order valence-corrected chi connectivity index (χ0v) is 10.4. The summed E-state index contributed by atoms with van der Waals surface area (Å²) in [6, 6.07) is -1.73. The highest BCUT2D eigenvalue weighted by molar-refractivity contribution is 5.87. The van der Waals surface area contributed by atoms with E-state index in [-0.39, 0.29) is 12.3 Å². The van der Waals surface area contributed by atoms with Crippen LogP contribution in [0.4, 0.5) is 0 Å². The molecule has 0 aliphatic carbocycles. The molecule has 1 amide bonds. The number of hydrogen-bond donors (Lipinski definition) is 4. The highest BCUT2D eigenvalue weighted by atomic mass is 16.4. The number of carboxylic acid groups (broad SMARTS) is 1. The zero-order valence-electron chi connectivity index (χ0n) is 10.4. The van der Waals surface area contributed by atoms with Crippen LogP contribution in [0, 0.1) is 5.92 Å². The fourth-order valence-corrected chi connectivity index (χ4v) is 1.39. The minimum atomic E-state index is -1.10. The maximum Gasteiger partial charge on any atom is 0.326 e. The summed E-state index contributed by atoms with van der Waals surface area (Å²) >= 11 is 0. The lowest BCUT2D eigenvalue weighted by Gasteiger charge is -2.19. The molecule has 0 aliphatic rings. The number of amides is 1. The number of imidazole rings is 1. The third-order valence-corrected chi connectivity index (χ3v) is 2.61. The van der Waals surface area contributed by atoms with Crippen LogP contribution in [0.25, 0.3) is 0 Å². The van der Waals surface area contributed by atoms with Gasteiger partial charge in [-0.15, -0.1) is 0 Å². The van der Waals surface area contributed by atoms with E-state index in [1.807, 2.05) is 0 Å². The summed E-state index contributed by atoms with van der Waals surface area (Å²) < 4.78 is 0. The number of nitrogens with one attached hydrogen (secondary N) is 2. The van der Waals surface area contributed by atoms with Crippen LogP contribution in [0.5, 0.6) is 0 Å². The molecule has 0 bridgehead atoms. The molecule has 7 nitrogen and oxygen atoms in total. The van der Waals surface area contributed by atoms with Gasteiger partial charge in [0, 0.05) is 18.3 Å². The van der Waals surface area contributed by atoms with Crippen LogP contribution in [0.1, 0.15) is 19.5 Å². The first-order valence-corrected chi connectivity index (χ1v) is 5.67. The summed E-state index contributed by atoms with van der Waals surface area (Å²) in [7, 11) is 0. The largest absolute Gasteiger partial charge is 0.480 e. The number of carbonyl (C=O) groups excluding carboxylic acids is 1. The van der Waals surface area contributed by atoms with Crippen LogP contribution >= 0.6 is 0 Å². The third kappa shape index (κ3) is 3.85. The lowest BCUT2D eigenvalue weighted by atomic mass is 10.0. The summed E-state index contributed by atoms with van der Waals surface area (Å²) in [5.74, 6) is -1.61. The van der Waals surface area contributed by atoms with Gasteiger partial charge in [-0.1, -0.05) is 13.8 Å². The van der Waals surface area contributed by atoms with Crippen LogP contribution in [0.2, 0.25) is 0 Å². The monoisotopic (exact) mass is 254 g/mol. The molecule has 0 radical (unpaired) electrons. The Labute approximate surface area is 105 Å². The summed E-state index contributed by atoms with van der Waals surface area (Å²) in [5, 5.41) is 11.5. The number of aliphatic carboxylic acids is 1. The van der Waals surface area contributed by atoms with E-state index in [0.717, 1.165) is 0 Å². The lowest BCUT2D eigenvalue weighted by Crippen LogP contribution is -2.51. The average Bonchev–Trinajstić information content (AvgIpc) is 2.79. The maximum atomic E-state index is 11.7. The van der Waals surface area contributed by atoms with Crippen molar-refractivity contribution in [3.63, 3.8) is 0 Å². The molecule has 1 heterocycles. The SMILES string of the molecule is CC(C)[C@@H](N)C(=O)N[C@H](Cc1cnc[nH]1)C(=O)O. The average molecular weight is 254 g/mol. The molecule has 1 aromatic rings. The second-order valence-corrected chi connectivity index (χ2v) is 4.45. The Kier molecular flexibility index (Phi) is 4.85. The molecule has 100 valence electrons. The number of carbonyl (C=O) groups is 2. The molecule has 2 atom stereocenters. The van der Waals surface area contributed by atoms with Crippen LogP contribution in [0.3, 0.4) is 0 Å². The highest BCUT2D eigenvalue weighted by Gasteiger charge is 2.25. The number of aromatic amines is 1. The number of rotatable bonds is 6. The number of nitrogens with two attached hydrogens (primary N) is 1. The molecule has 0 saturated carbocycles. The molecular weight excluding hydrogens is 236 g/mol. The van der Waals surface area contributed by atoms with Gasteiger partial charge in [0.25, 0.3) is 0 Å². The predicted octanol–water partition coefficient (Wildman–Crippen LogP) is -0.495. The van der Waals surface area contributed by atoms with Crippen LogP contribution < -0.4 is 11.1 Å². The number of hydrogen-bond acceptors (Lipinski definition) is 4. The second kappa shape index (κ2) is 6.15. The van der Waals surface area contributed by atoms with Gasteiger partial charge in [0.2, 0.25) is 5.91 Å². The molecule has 0 saturated heterocycles. The molecule has 0 aliphatic heterocycles. The predicted molar refractivity (Wildman–Crippen MR) is 64.7 cm³/mol. The smallest absolute Gasteiger partial charge is 0.326 e. The number of H-pyrrole nitrogens is 1. The fraction of sp³-hybridized carbons (Fsp3) is 0.545. The van der Waals surface area contributed by atoms with Crippen molar-refractivity contribution < 1.29 is 14.7 Å². The van der Waals surface area contributed by atoms with Crippen molar-refractivity contribution in [1.82, 2.24) is 15.3 Å². The van der Waals surface area contributed by atoms with Gasteiger partial charge in [-0.05, 0) is 5.92 Å². The van der Waals surface area contributed by atoms with Gasteiger partial charge in [0.05, 0.1) is 12.4 Å². The number of nitrogens with zero attached hydrogens (tertiary/aromatic N) is 1. The Morgan fingerprint density at radius 2 is 2.22 bits per heavy atom. The molecule has 0 unspecified atom stereocenters. The topological polar surface area (TPSA) is 121 Å². The third-order valence-electron chi connectivity index (χ3n) is 2.61. The minimum absolute atomic E-state index is 0.0494. The van der Waals surface area contributed by atoms with Gasteiger partial charge >= 0.3 is 5.97 Å². The number of carboxylic acids is 1. The summed E-state index contributed by atoms with van der Waals surface area (Å²) in [6.07, 6.45) is 3.12. The van der Waals surface area contributed by atoms with E-state index in [1.54, 1.807) is 13.8 Å². The molecule has 18 heavy (non-hydrogen) atoms. The van der Waals surface area contributed by atoms with Crippen molar-refractivity contribution in [3.8, 4) is 0 Å². The molecule has 5 N–H and O–H groups in total. The van der Waals surface area contributed by atoms with E-state index in [1.165, 1.54) is 12.5 Å². The Bertz CT molecular complexity index is 402. The standard InChI is InChI=1S/C11H18N4O3/c1-6(2)9(12)10(16)15-8(11(17)18)3-7-4-13-5-14-7/h4-6,8-9H,3,12H2,1-2H3,(H,13,14)(H,15,16)(H,17,18)/t8-,9-/m1/s1. The van der Waals surface area contributed by atoms with Crippen LogP contribution in [-0.2, 0) is 16.0 Å². The summed E-state index contributed by atoms with van der Waals surface area (Å²) in [5.41, 5.74) is 6.30. The molecule has 1 rings (SSSR count). The first-order valence-electron chi connectivity index (χ1n) is 5.67. The molecule has 0 aromatic carbocycles. The first-order chi connectivity index (χ1) is 8.41. The van der Waals surface area contributed by atoms with E-state index in [2.05, 4.69) is 15.3 Å². The van der Waals surface area contributed by atoms with Crippen molar-refractivity contribution in [2.45, 2.75) is 32.4 Å². The molecule has 7 heteroatoms. The lowest BCUT2D eigenvalue weighted by molar-refractivity contribution is -0.142. The van der Waals surface area contributed by atoms with Gasteiger partial charge in [-0.2, -0.15) is 0 Å². The van der Waals surface area contributed by atoms with Crippen molar-refractivity contribution in [1.29, 1.82) is 0 Å². The first kappa shape index (κ1) is 14.2. The molecular formula is C11H18N4O3. The number of aromatic nitrogens is 2. The van der Waals surface area contributed by atoms with Crippen LogP contribution in [-0.4, -0.2) is 39.0 Å². The second-order valence-electron chi connectivity index (χ2n) is 4.45. The Hall–Kier alpha value is -1.89. The summed E-state index contributed by atoms with van der Waals surface area (Å²) in [6.45, 7) is 3.60. The van der Waals surface area contributed by atoms with Gasteiger partial charge in [-0.25, -0.2) is 9.78 Å². The van der Waals surface area contributed by atoms with Gasteiger partial charge in [0.15, 0.2) is 0 Å². The van der Waals surface area contributed by atoms with E-state index in [4.69, 9.17) is 10.8 Å². The van der Waals surface area contributed by atoms with E-state index >= 15 is 0 Å². The summed E-state index contributed by atoms with van der Waals surface area (Å²) in [4.78, 5) is 29.3. The van der Waals surface area contributed by atoms with Gasteiger partial charge in [0.1, 0.15) is 6.04 Å². The van der Waals surface area contributed by atoms with Crippen molar-refractivity contribution in [3.05, 3.63) is 18.2 Å². The normalized spacial score (nSPS) is 14.2. The molecule has 1 aromatic heterocycles. The Morgan fingerprint density at radius 3 is 2.67 bits per heavy atom. The zero-order chi connectivity index (χ0) is 13.7. The molecule has 0 fully saturated rings. The van der Waals surface area contributed by atoms with Gasteiger partial charge < -0.3 is 21.1 Å². The van der Waals surface area contributed by atoms with Gasteiger partial charge in [-0.3, -0.25) is 4.79 Å².